The van der Waals surface area contributed by atoms with E-state index in [0.29, 0.717) is 24.4 Å². The lowest BCUT2D eigenvalue weighted by Crippen LogP contribution is -2.53. The topological polar surface area (TPSA) is 76.3 Å². The van der Waals surface area contributed by atoms with Crippen LogP contribution in [0.25, 0.3) is 0 Å². The summed E-state index contributed by atoms with van der Waals surface area (Å²) in [5.41, 5.74) is 6.65. The van der Waals surface area contributed by atoms with Crippen LogP contribution in [0.5, 0.6) is 0 Å². The van der Waals surface area contributed by atoms with E-state index in [0.717, 1.165) is 18.5 Å². The summed E-state index contributed by atoms with van der Waals surface area (Å²) in [6.07, 6.45) is 4.89. The average Bonchev–Trinajstić information content (AvgIpc) is 2.48. The van der Waals surface area contributed by atoms with Gasteiger partial charge < -0.3 is 10.6 Å². The summed E-state index contributed by atoms with van der Waals surface area (Å²) in [7, 11) is -0.822. The molecular formula is C14H21N3O2S. The van der Waals surface area contributed by atoms with Crippen molar-refractivity contribution in [3.05, 3.63) is 24.0 Å². The van der Waals surface area contributed by atoms with Crippen molar-refractivity contribution in [1.29, 1.82) is 0 Å². The van der Waals surface area contributed by atoms with E-state index in [-0.39, 0.29) is 4.75 Å². The van der Waals surface area contributed by atoms with Crippen molar-refractivity contribution in [2.24, 2.45) is 5.73 Å². The molecule has 1 aliphatic heterocycles. The molecule has 2 rings (SSSR count). The first-order valence-electron chi connectivity index (χ1n) is 6.91. The van der Waals surface area contributed by atoms with Gasteiger partial charge in [0, 0.05) is 42.0 Å². The minimum absolute atomic E-state index is 0.198. The number of carbonyl (C=O) groups excluding carboxylic acids is 1. The molecule has 1 amide bonds. The second kappa shape index (κ2) is 5.91. The maximum absolute atomic E-state index is 12.4. The number of rotatable bonds is 4. The first-order chi connectivity index (χ1) is 9.54. The maximum atomic E-state index is 12.4. The van der Waals surface area contributed by atoms with Crippen molar-refractivity contribution in [3.8, 4) is 0 Å². The van der Waals surface area contributed by atoms with Crippen LogP contribution in [0.1, 0.15) is 37.0 Å². The molecule has 1 aromatic heterocycles. The predicted octanol–water partition coefficient (Wildman–Crippen LogP) is 1.31. The molecule has 0 bridgehead atoms. The van der Waals surface area contributed by atoms with Gasteiger partial charge >= 0.3 is 0 Å². The molecule has 110 valence electrons. The zero-order valence-electron chi connectivity index (χ0n) is 12.0. The van der Waals surface area contributed by atoms with E-state index in [2.05, 4.69) is 23.7 Å². The molecule has 20 heavy (non-hydrogen) atoms. The van der Waals surface area contributed by atoms with Gasteiger partial charge in [0.25, 0.3) is 5.91 Å². The van der Waals surface area contributed by atoms with E-state index in [9.17, 15) is 9.00 Å². The van der Waals surface area contributed by atoms with Gasteiger partial charge in [0.2, 0.25) is 0 Å². The van der Waals surface area contributed by atoms with E-state index in [1.807, 2.05) is 6.07 Å². The van der Waals surface area contributed by atoms with Crippen molar-refractivity contribution in [3.63, 3.8) is 0 Å². The lowest BCUT2D eigenvalue weighted by Gasteiger charge is -2.42. The molecule has 0 aliphatic carbocycles. The third-order valence-corrected chi connectivity index (χ3v) is 6.43. The highest BCUT2D eigenvalue weighted by Gasteiger charge is 2.39. The second-order valence-electron chi connectivity index (χ2n) is 5.12. The fourth-order valence-electron chi connectivity index (χ4n) is 2.76. The number of nitrogens with two attached hydrogens (primary N) is 1. The van der Waals surface area contributed by atoms with Gasteiger partial charge in [-0.15, -0.1) is 0 Å². The summed E-state index contributed by atoms with van der Waals surface area (Å²) in [5, 5.41) is 0. The summed E-state index contributed by atoms with van der Waals surface area (Å²) in [6, 6.07) is 1.81. The van der Waals surface area contributed by atoms with Gasteiger partial charge in [-0.05, 0) is 18.9 Å². The molecule has 5 nitrogen and oxygen atoms in total. The summed E-state index contributed by atoms with van der Waals surface area (Å²) >= 11 is 0. The molecular weight excluding hydrogens is 274 g/mol. The lowest BCUT2D eigenvalue weighted by atomic mass is 10.0. The van der Waals surface area contributed by atoms with Crippen molar-refractivity contribution in [2.75, 3.05) is 23.7 Å². The number of nitrogens with zero attached hydrogens (tertiary/aromatic N) is 2. The Morgan fingerprint density at radius 1 is 1.50 bits per heavy atom. The Hall–Kier alpha value is -1.43. The number of primary amides is 1. The molecule has 2 N–H and O–H groups in total. The van der Waals surface area contributed by atoms with E-state index >= 15 is 0 Å². The van der Waals surface area contributed by atoms with Gasteiger partial charge in [0.1, 0.15) is 0 Å². The van der Waals surface area contributed by atoms with Crippen LogP contribution in [0.2, 0.25) is 0 Å². The van der Waals surface area contributed by atoms with Gasteiger partial charge in [0.05, 0.1) is 16.0 Å². The van der Waals surface area contributed by atoms with Crippen LogP contribution in [-0.2, 0) is 10.8 Å². The van der Waals surface area contributed by atoms with Gasteiger partial charge in [-0.25, -0.2) is 0 Å². The van der Waals surface area contributed by atoms with Gasteiger partial charge in [-0.1, -0.05) is 13.8 Å². The van der Waals surface area contributed by atoms with Gasteiger partial charge in [-0.2, -0.15) is 0 Å². The van der Waals surface area contributed by atoms with Gasteiger partial charge in [0.15, 0.2) is 0 Å². The van der Waals surface area contributed by atoms with E-state index in [1.165, 1.54) is 6.20 Å². The maximum Gasteiger partial charge on any atom is 0.252 e. The number of anilines is 1. The molecule has 2 heterocycles. The smallest absolute Gasteiger partial charge is 0.252 e. The second-order valence-corrected chi connectivity index (χ2v) is 7.08. The number of hydrogen-bond donors (Lipinski definition) is 1. The van der Waals surface area contributed by atoms with Crippen LogP contribution in [-0.4, -0.2) is 38.7 Å². The molecule has 1 aliphatic rings. The number of aromatic nitrogens is 1. The predicted molar refractivity (Wildman–Crippen MR) is 81.3 cm³/mol. The van der Waals surface area contributed by atoms with Crippen molar-refractivity contribution in [2.45, 2.75) is 31.4 Å². The molecule has 0 spiro atoms. The van der Waals surface area contributed by atoms with E-state index < -0.39 is 16.7 Å². The third kappa shape index (κ3) is 2.57. The van der Waals surface area contributed by atoms with Crippen LogP contribution >= 0.6 is 0 Å². The minimum atomic E-state index is -0.822. The van der Waals surface area contributed by atoms with E-state index in [4.69, 9.17) is 5.73 Å². The summed E-state index contributed by atoms with van der Waals surface area (Å²) in [6.45, 7) is 5.52. The quantitative estimate of drug-likeness (QED) is 0.908. The Labute approximate surface area is 122 Å². The molecule has 1 fully saturated rings. The largest absolute Gasteiger partial charge is 0.368 e. The third-order valence-electron chi connectivity index (χ3n) is 4.20. The highest BCUT2D eigenvalue weighted by Crippen LogP contribution is 2.32. The van der Waals surface area contributed by atoms with Crippen molar-refractivity contribution in [1.82, 2.24) is 4.98 Å². The first-order valence-corrected chi connectivity index (χ1v) is 8.23. The Bertz CT molecular complexity index is 529. The highest BCUT2D eigenvalue weighted by atomic mass is 32.2. The van der Waals surface area contributed by atoms with Crippen LogP contribution < -0.4 is 10.6 Å². The van der Waals surface area contributed by atoms with Gasteiger partial charge in [-0.3, -0.25) is 14.0 Å². The monoisotopic (exact) mass is 295 g/mol. The van der Waals surface area contributed by atoms with Crippen LogP contribution in [0.4, 0.5) is 5.69 Å². The Kier molecular flexibility index (Phi) is 4.42. The lowest BCUT2D eigenvalue weighted by molar-refractivity contribution is 0.100. The zero-order chi connectivity index (χ0) is 14.8. The Balaban J connectivity index is 2.35. The summed E-state index contributed by atoms with van der Waals surface area (Å²) < 4.78 is 12.2. The van der Waals surface area contributed by atoms with Crippen LogP contribution in [0.15, 0.2) is 18.5 Å². The van der Waals surface area contributed by atoms with Crippen LogP contribution in [0.3, 0.4) is 0 Å². The fraction of sp³-hybridized carbons (Fsp3) is 0.571. The number of pyridine rings is 1. The molecule has 1 unspecified atom stereocenters. The SMILES string of the molecule is CCC1(CC)CN(c2ccncc2C(N)=O)CCS1=O. The minimum Gasteiger partial charge on any atom is -0.368 e. The Morgan fingerprint density at radius 3 is 2.80 bits per heavy atom. The van der Waals surface area contributed by atoms with Crippen LogP contribution in [0, 0.1) is 0 Å². The standard InChI is InChI=1S/C14H21N3O2S/c1-3-14(4-2)10-17(7-8-20(14)19)12-5-6-16-9-11(12)13(15)18/h5-6,9H,3-4,7-8,10H2,1-2H3,(H2,15,18). The molecule has 6 heteroatoms. The average molecular weight is 295 g/mol. The molecule has 0 radical (unpaired) electrons. The number of amides is 1. The van der Waals surface area contributed by atoms with E-state index in [1.54, 1.807) is 6.20 Å². The summed E-state index contributed by atoms with van der Waals surface area (Å²) in [4.78, 5) is 17.6. The normalized spacial score (nSPS) is 21.7. The van der Waals surface area contributed by atoms with Crippen molar-refractivity contribution >= 4 is 22.4 Å². The molecule has 1 aromatic rings. The van der Waals surface area contributed by atoms with Crippen molar-refractivity contribution < 1.29 is 9.00 Å². The Morgan fingerprint density at radius 2 is 2.20 bits per heavy atom. The molecule has 0 aromatic carbocycles. The zero-order valence-corrected chi connectivity index (χ0v) is 12.8. The first kappa shape index (κ1) is 15.0. The molecule has 1 atom stereocenters. The molecule has 1 saturated heterocycles. The number of hydrogen-bond acceptors (Lipinski definition) is 4. The highest BCUT2D eigenvalue weighted by molar-refractivity contribution is 7.86. The summed E-state index contributed by atoms with van der Waals surface area (Å²) in [5.74, 6) is 0.153. The fourth-order valence-corrected chi connectivity index (χ4v) is 4.53. The number of carbonyl (C=O) groups is 1. The molecule has 0 saturated carbocycles.